The summed E-state index contributed by atoms with van der Waals surface area (Å²) in [6.45, 7) is 4.96. The average molecular weight is 337 g/mol. The molecule has 0 bridgehead atoms. The van der Waals surface area contributed by atoms with Gasteiger partial charge >= 0.3 is 6.03 Å². The van der Waals surface area contributed by atoms with Gasteiger partial charge < -0.3 is 15.5 Å². The van der Waals surface area contributed by atoms with Crippen molar-refractivity contribution in [2.45, 2.75) is 38.0 Å². The van der Waals surface area contributed by atoms with E-state index in [1.165, 1.54) is 24.9 Å². The normalized spacial score (nSPS) is 17.4. The number of hydrogen-bond donors (Lipinski definition) is 2. The van der Waals surface area contributed by atoms with Gasteiger partial charge in [-0.3, -0.25) is 4.21 Å². The highest BCUT2D eigenvalue weighted by molar-refractivity contribution is 7.84. The first kappa shape index (κ1) is 17.8. The smallest absolute Gasteiger partial charge is 0.315 e. The second-order valence-corrected chi connectivity index (χ2v) is 7.85. The fourth-order valence-corrected chi connectivity index (χ4v) is 3.01. The summed E-state index contributed by atoms with van der Waals surface area (Å²) in [4.78, 5) is 14.3. The summed E-state index contributed by atoms with van der Waals surface area (Å²) in [7, 11) is -0.923. The molecule has 1 fully saturated rings. The van der Waals surface area contributed by atoms with Crippen LogP contribution in [0.25, 0.3) is 0 Å². The summed E-state index contributed by atoms with van der Waals surface area (Å²) >= 11 is 0. The van der Waals surface area contributed by atoms with Crippen LogP contribution in [0.4, 0.5) is 10.5 Å². The van der Waals surface area contributed by atoms with Crippen LogP contribution in [0, 0.1) is 0 Å². The molecule has 2 N–H and O–H groups in total. The molecule has 2 unspecified atom stereocenters. The van der Waals surface area contributed by atoms with E-state index in [1.807, 2.05) is 19.1 Å². The monoisotopic (exact) mass is 337 g/mol. The Labute approximate surface area is 141 Å². The number of benzene rings is 1. The molecule has 0 aromatic heterocycles. The molecule has 1 aliphatic heterocycles. The summed E-state index contributed by atoms with van der Waals surface area (Å²) in [6, 6.07) is 8.03. The van der Waals surface area contributed by atoms with Gasteiger partial charge in [0.05, 0.1) is 0 Å². The molecule has 1 heterocycles. The standard InChI is InChI=1S/C17H27N3O2S/c1-14(23(2)22)12-18-17(21)19-13-15-8-4-5-9-16(15)20-10-6-3-7-11-20/h4-5,8-9,14H,3,6-7,10-13H2,1-2H3,(H2,18,19,21). The van der Waals surface area contributed by atoms with Crippen molar-refractivity contribution >= 4 is 22.5 Å². The number of anilines is 1. The minimum absolute atomic E-state index is 0.0404. The first-order chi connectivity index (χ1) is 11.1. The number of nitrogens with zero attached hydrogens (tertiary/aromatic N) is 1. The number of rotatable bonds is 6. The summed E-state index contributed by atoms with van der Waals surface area (Å²) in [5, 5.41) is 5.63. The van der Waals surface area contributed by atoms with Crippen molar-refractivity contribution in [2.24, 2.45) is 0 Å². The summed E-state index contributed by atoms with van der Waals surface area (Å²) < 4.78 is 11.3. The molecule has 1 saturated heterocycles. The van der Waals surface area contributed by atoms with Crippen molar-refractivity contribution in [2.75, 3.05) is 30.8 Å². The number of piperidine rings is 1. The van der Waals surface area contributed by atoms with E-state index >= 15 is 0 Å². The molecule has 0 saturated carbocycles. The lowest BCUT2D eigenvalue weighted by molar-refractivity contribution is 0.240. The Morgan fingerprint density at radius 3 is 2.61 bits per heavy atom. The van der Waals surface area contributed by atoms with E-state index < -0.39 is 10.8 Å². The van der Waals surface area contributed by atoms with Crippen LogP contribution in [0.1, 0.15) is 31.7 Å². The van der Waals surface area contributed by atoms with Crippen LogP contribution >= 0.6 is 0 Å². The average Bonchev–Trinajstić information content (AvgIpc) is 2.58. The molecular weight excluding hydrogens is 310 g/mol. The van der Waals surface area contributed by atoms with E-state index in [0.717, 1.165) is 18.7 Å². The lowest BCUT2D eigenvalue weighted by atomic mass is 10.1. The molecule has 1 aliphatic rings. The first-order valence-corrected chi connectivity index (χ1v) is 9.87. The Morgan fingerprint density at radius 1 is 1.22 bits per heavy atom. The Bertz CT molecular complexity index is 544. The van der Waals surface area contributed by atoms with Gasteiger partial charge in [0.1, 0.15) is 0 Å². The van der Waals surface area contributed by atoms with Crippen molar-refractivity contribution in [1.29, 1.82) is 0 Å². The van der Waals surface area contributed by atoms with Gasteiger partial charge in [0, 0.05) is 54.2 Å². The number of para-hydroxylation sites is 1. The molecule has 1 aromatic carbocycles. The van der Waals surface area contributed by atoms with Crippen LogP contribution in [0.2, 0.25) is 0 Å². The van der Waals surface area contributed by atoms with E-state index in [-0.39, 0.29) is 11.3 Å². The number of nitrogens with one attached hydrogen (secondary N) is 2. The third-order valence-corrected chi connectivity index (χ3v) is 5.54. The summed E-state index contributed by atoms with van der Waals surface area (Å²) in [5.41, 5.74) is 2.35. The van der Waals surface area contributed by atoms with E-state index in [4.69, 9.17) is 0 Å². The number of hydrogen-bond acceptors (Lipinski definition) is 3. The number of carbonyl (C=O) groups excluding carboxylic acids is 1. The number of amides is 2. The van der Waals surface area contributed by atoms with Crippen LogP contribution in [0.5, 0.6) is 0 Å². The van der Waals surface area contributed by atoms with E-state index in [2.05, 4.69) is 27.7 Å². The molecule has 0 aliphatic carbocycles. The molecule has 23 heavy (non-hydrogen) atoms. The highest BCUT2D eigenvalue weighted by atomic mass is 32.2. The van der Waals surface area contributed by atoms with Gasteiger partial charge in [-0.15, -0.1) is 0 Å². The molecule has 1 aromatic rings. The van der Waals surface area contributed by atoms with Crippen LogP contribution < -0.4 is 15.5 Å². The van der Waals surface area contributed by atoms with Crippen LogP contribution in [0.3, 0.4) is 0 Å². The first-order valence-electron chi connectivity index (χ1n) is 8.24. The third kappa shape index (κ3) is 5.53. The Morgan fingerprint density at radius 2 is 1.91 bits per heavy atom. The molecule has 0 radical (unpaired) electrons. The van der Waals surface area contributed by atoms with Crippen molar-refractivity contribution in [3.63, 3.8) is 0 Å². The largest absolute Gasteiger partial charge is 0.371 e. The van der Waals surface area contributed by atoms with Gasteiger partial charge in [-0.05, 0) is 37.8 Å². The maximum Gasteiger partial charge on any atom is 0.315 e. The Balaban J connectivity index is 1.87. The van der Waals surface area contributed by atoms with Gasteiger partial charge in [0.25, 0.3) is 0 Å². The Hall–Kier alpha value is -1.56. The van der Waals surface area contributed by atoms with Gasteiger partial charge in [-0.25, -0.2) is 4.79 Å². The van der Waals surface area contributed by atoms with Gasteiger partial charge in [0.15, 0.2) is 0 Å². The second kappa shape index (κ2) is 8.91. The predicted octanol–water partition coefficient (Wildman–Crippen LogP) is 2.24. The number of carbonyl (C=O) groups is 1. The summed E-state index contributed by atoms with van der Waals surface area (Å²) in [6.07, 6.45) is 5.41. The highest BCUT2D eigenvalue weighted by Crippen LogP contribution is 2.23. The lowest BCUT2D eigenvalue weighted by Crippen LogP contribution is -2.40. The zero-order valence-corrected chi connectivity index (χ0v) is 14.8. The molecule has 2 atom stereocenters. The Kier molecular flexibility index (Phi) is 6.89. The lowest BCUT2D eigenvalue weighted by Gasteiger charge is -2.30. The zero-order valence-electron chi connectivity index (χ0n) is 14.0. The molecule has 128 valence electrons. The highest BCUT2D eigenvalue weighted by Gasteiger charge is 2.14. The van der Waals surface area contributed by atoms with Gasteiger partial charge in [-0.1, -0.05) is 18.2 Å². The quantitative estimate of drug-likeness (QED) is 0.837. The van der Waals surface area contributed by atoms with E-state index in [1.54, 1.807) is 6.26 Å². The molecular formula is C17H27N3O2S. The van der Waals surface area contributed by atoms with E-state index in [9.17, 15) is 9.00 Å². The van der Waals surface area contributed by atoms with Crippen molar-refractivity contribution in [1.82, 2.24) is 10.6 Å². The number of urea groups is 1. The summed E-state index contributed by atoms with van der Waals surface area (Å²) in [5.74, 6) is 0. The molecule has 0 spiro atoms. The predicted molar refractivity (Wildman–Crippen MR) is 96.3 cm³/mol. The molecule has 5 nitrogen and oxygen atoms in total. The maximum absolute atomic E-state index is 11.9. The van der Waals surface area contributed by atoms with Crippen LogP contribution in [-0.4, -0.2) is 41.4 Å². The molecule has 2 rings (SSSR count). The van der Waals surface area contributed by atoms with Crippen molar-refractivity contribution in [3.8, 4) is 0 Å². The van der Waals surface area contributed by atoms with Crippen LogP contribution in [-0.2, 0) is 17.3 Å². The van der Waals surface area contributed by atoms with Gasteiger partial charge in [0.2, 0.25) is 0 Å². The maximum atomic E-state index is 11.9. The topological polar surface area (TPSA) is 61.4 Å². The zero-order chi connectivity index (χ0) is 16.7. The van der Waals surface area contributed by atoms with Gasteiger partial charge in [-0.2, -0.15) is 0 Å². The fourth-order valence-electron chi connectivity index (χ4n) is 2.70. The molecule has 2 amide bonds. The minimum Gasteiger partial charge on any atom is -0.371 e. The van der Waals surface area contributed by atoms with Crippen molar-refractivity contribution in [3.05, 3.63) is 29.8 Å². The second-order valence-electron chi connectivity index (χ2n) is 6.05. The van der Waals surface area contributed by atoms with Crippen LogP contribution in [0.15, 0.2) is 24.3 Å². The minimum atomic E-state index is -0.923. The fraction of sp³-hybridized carbons (Fsp3) is 0.588. The molecule has 6 heteroatoms. The third-order valence-electron chi connectivity index (χ3n) is 4.24. The SMILES string of the molecule is CC(CNC(=O)NCc1ccccc1N1CCCCC1)S(C)=O. The van der Waals surface area contributed by atoms with Crippen molar-refractivity contribution < 1.29 is 9.00 Å². The van der Waals surface area contributed by atoms with E-state index in [0.29, 0.717) is 13.1 Å².